The highest BCUT2D eigenvalue weighted by Gasteiger charge is 2.23. The van der Waals surface area contributed by atoms with Crippen LogP contribution >= 0.6 is 0 Å². The minimum Gasteiger partial charge on any atom is -0.344 e. The second kappa shape index (κ2) is 2.79. The van der Waals surface area contributed by atoms with Crippen molar-refractivity contribution in [3.63, 3.8) is 0 Å². The van der Waals surface area contributed by atoms with Gasteiger partial charge in [0.25, 0.3) is 0 Å². The summed E-state index contributed by atoms with van der Waals surface area (Å²) in [4.78, 5) is 4.72. The Morgan fingerprint density at radius 2 is 1.25 bits per heavy atom. The minimum atomic E-state index is 1.07. The molecule has 0 saturated heterocycles. The van der Waals surface area contributed by atoms with Crippen LogP contribution in [0.3, 0.4) is 0 Å². The lowest BCUT2D eigenvalue weighted by molar-refractivity contribution is 0.831. The predicted octanol–water partition coefficient (Wildman–Crippen LogP) is 0.929. The second-order valence-corrected chi connectivity index (χ2v) is 4.34. The van der Waals surface area contributed by atoms with Crippen LogP contribution in [0.25, 0.3) is 12.2 Å². The molecule has 3 aliphatic heterocycles. The van der Waals surface area contributed by atoms with E-state index in [4.69, 9.17) is 0 Å². The van der Waals surface area contributed by atoms with E-state index < -0.39 is 0 Å². The number of nitrogens with zero attached hydrogens (tertiary/aromatic N) is 2. The molecule has 2 heteroatoms. The summed E-state index contributed by atoms with van der Waals surface area (Å²) in [5.74, 6) is 0. The summed E-state index contributed by atoms with van der Waals surface area (Å²) in [7, 11) is 0. The summed E-state index contributed by atoms with van der Waals surface area (Å²) in [5.41, 5.74) is 2.73. The third-order valence-corrected chi connectivity index (χ3v) is 3.45. The van der Waals surface area contributed by atoms with E-state index in [1.165, 1.54) is 21.8 Å². The Kier molecular flexibility index (Phi) is 1.43. The van der Waals surface area contributed by atoms with Gasteiger partial charge in [0.1, 0.15) is 0 Å². The van der Waals surface area contributed by atoms with Crippen LogP contribution < -0.4 is 20.2 Å². The van der Waals surface area contributed by atoms with Gasteiger partial charge in [-0.05, 0) is 12.2 Å². The van der Waals surface area contributed by atoms with Crippen molar-refractivity contribution in [3.8, 4) is 0 Å². The first kappa shape index (κ1) is 8.22. The number of hydrogen-bond acceptors (Lipinski definition) is 2. The Balaban J connectivity index is 2.18. The SMILES string of the molecule is C1=CN2CCN3C=CC=c4ccc(c2c43)=C1. The van der Waals surface area contributed by atoms with E-state index in [1.54, 1.807) is 0 Å². The zero-order valence-corrected chi connectivity index (χ0v) is 8.93. The highest BCUT2D eigenvalue weighted by atomic mass is 15.3. The first-order chi connectivity index (χ1) is 7.93. The van der Waals surface area contributed by atoms with Gasteiger partial charge in [-0.25, -0.2) is 0 Å². The third-order valence-electron chi connectivity index (χ3n) is 3.45. The lowest BCUT2D eigenvalue weighted by Crippen LogP contribution is -2.43. The van der Waals surface area contributed by atoms with Crippen LogP contribution in [0.5, 0.6) is 0 Å². The van der Waals surface area contributed by atoms with E-state index in [0.29, 0.717) is 0 Å². The average Bonchev–Trinajstić information content (AvgIpc) is 2.36. The summed E-state index contributed by atoms with van der Waals surface area (Å²) >= 11 is 0. The monoisotopic (exact) mass is 208 g/mol. The van der Waals surface area contributed by atoms with Crippen LogP contribution in [0, 0.1) is 0 Å². The highest BCUT2D eigenvalue weighted by Crippen LogP contribution is 2.29. The molecule has 4 rings (SSSR count). The summed E-state index contributed by atoms with van der Waals surface area (Å²) in [6.45, 7) is 2.14. The summed E-state index contributed by atoms with van der Waals surface area (Å²) in [6.07, 6.45) is 13.0. The number of rotatable bonds is 0. The highest BCUT2D eigenvalue weighted by molar-refractivity contribution is 5.82. The molecule has 1 aromatic carbocycles. The number of hydrogen-bond donors (Lipinski definition) is 0. The molecule has 0 bridgehead atoms. The Labute approximate surface area is 94.1 Å². The average molecular weight is 208 g/mol. The van der Waals surface area contributed by atoms with Crippen molar-refractivity contribution in [2.75, 3.05) is 22.9 Å². The molecule has 16 heavy (non-hydrogen) atoms. The number of benzene rings is 1. The molecule has 0 spiro atoms. The first-order valence-corrected chi connectivity index (χ1v) is 5.67. The second-order valence-electron chi connectivity index (χ2n) is 4.34. The van der Waals surface area contributed by atoms with Gasteiger partial charge < -0.3 is 9.80 Å². The Bertz CT molecular complexity index is 580. The largest absolute Gasteiger partial charge is 0.344 e. The van der Waals surface area contributed by atoms with Crippen molar-refractivity contribution in [1.29, 1.82) is 0 Å². The molecule has 2 nitrogen and oxygen atoms in total. The van der Waals surface area contributed by atoms with Crippen LogP contribution in [0.1, 0.15) is 0 Å². The lowest BCUT2D eigenvalue weighted by atomic mass is 10.0. The smallest absolute Gasteiger partial charge is 0.0727 e. The van der Waals surface area contributed by atoms with Gasteiger partial charge in [0.05, 0.1) is 11.4 Å². The molecule has 0 fully saturated rings. The molecule has 0 unspecified atom stereocenters. The van der Waals surface area contributed by atoms with E-state index >= 15 is 0 Å². The van der Waals surface area contributed by atoms with Crippen molar-refractivity contribution >= 4 is 23.5 Å². The molecule has 0 aromatic heterocycles. The van der Waals surface area contributed by atoms with E-state index in [0.717, 1.165) is 13.1 Å². The predicted molar refractivity (Wildman–Crippen MR) is 67.6 cm³/mol. The van der Waals surface area contributed by atoms with Crippen LogP contribution in [-0.4, -0.2) is 13.1 Å². The van der Waals surface area contributed by atoms with Crippen molar-refractivity contribution in [1.82, 2.24) is 0 Å². The maximum Gasteiger partial charge on any atom is 0.0727 e. The fourth-order valence-corrected chi connectivity index (χ4v) is 2.72. The molecular weight excluding hydrogens is 196 g/mol. The summed E-state index contributed by atoms with van der Waals surface area (Å²) in [5, 5.41) is 2.66. The Morgan fingerprint density at radius 3 is 1.75 bits per heavy atom. The van der Waals surface area contributed by atoms with Crippen molar-refractivity contribution in [3.05, 3.63) is 47.1 Å². The Hall–Kier alpha value is -1.96. The fourth-order valence-electron chi connectivity index (χ4n) is 2.72. The van der Waals surface area contributed by atoms with Gasteiger partial charge in [0.15, 0.2) is 0 Å². The third kappa shape index (κ3) is 0.915. The van der Waals surface area contributed by atoms with Gasteiger partial charge in [0.2, 0.25) is 0 Å². The molecule has 0 saturated carbocycles. The molecule has 3 heterocycles. The van der Waals surface area contributed by atoms with Gasteiger partial charge >= 0.3 is 0 Å². The quantitative estimate of drug-likeness (QED) is 0.626. The standard InChI is InChI=1S/C14H12N2/c1-3-11-5-6-12-4-2-8-16-10-9-15(7-1)13(11)14(12)16/h1-8H,9-10H2. The minimum absolute atomic E-state index is 1.07. The van der Waals surface area contributed by atoms with Crippen molar-refractivity contribution in [2.45, 2.75) is 0 Å². The number of anilines is 2. The van der Waals surface area contributed by atoms with E-state index in [1.807, 2.05) is 0 Å². The molecule has 0 aliphatic carbocycles. The van der Waals surface area contributed by atoms with Crippen LogP contribution in [0.4, 0.5) is 11.4 Å². The zero-order valence-electron chi connectivity index (χ0n) is 8.93. The van der Waals surface area contributed by atoms with Gasteiger partial charge in [-0.15, -0.1) is 0 Å². The van der Waals surface area contributed by atoms with E-state index in [-0.39, 0.29) is 0 Å². The van der Waals surface area contributed by atoms with Gasteiger partial charge in [-0.2, -0.15) is 0 Å². The molecule has 0 N–H and O–H groups in total. The van der Waals surface area contributed by atoms with Gasteiger partial charge in [-0.3, -0.25) is 0 Å². The van der Waals surface area contributed by atoms with Gasteiger partial charge in [-0.1, -0.05) is 24.3 Å². The maximum atomic E-state index is 2.36. The lowest BCUT2D eigenvalue weighted by Gasteiger charge is -2.38. The molecule has 78 valence electrons. The van der Waals surface area contributed by atoms with Crippen molar-refractivity contribution in [2.24, 2.45) is 0 Å². The molecule has 1 aromatic rings. The van der Waals surface area contributed by atoms with E-state index in [2.05, 4.69) is 58.6 Å². The summed E-state index contributed by atoms with van der Waals surface area (Å²) in [6, 6.07) is 4.42. The topological polar surface area (TPSA) is 6.48 Å². The molecule has 3 aliphatic rings. The Morgan fingerprint density at radius 1 is 0.750 bits per heavy atom. The molecule has 0 radical (unpaired) electrons. The van der Waals surface area contributed by atoms with Crippen LogP contribution in [-0.2, 0) is 0 Å². The van der Waals surface area contributed by atoms with E-state index in [9.17, 15) is 0 Å². The van der Waals surface area contributed by atoms with Crippen molar-refractivity contribution < 1.29 is 0 Å². The normalized spacial score (nSPS) is 19.0. The zero-order chi connectivity index (χ0) is 10.5. The summed E-state index contributed by atoms with van der Waals surface area (Å²) < 4.78 is 0. The maximum absolute atomic E-state index is 2.36. The van der Waals surface area contributed by atoms with Crippen LogP contribution in [0.2, 0.25) is 0 Å². The first-order valence-electron chi connectivity index (χ1n) is 5.67. The number of allylic oxidation sites excluding steroid dienone is 2. The molecule has 0 atom stereocenters. The van der Waals surface area contributed by atoms with Crippen LogP contribution in [0.15, 0.2) is 36.7 Å². The molecular formula is C14H12N2. The molecule has 0 amide bonds. The fraction of sp³-hybridized carbons (Fsp3) is 0.143. The van der Waals surface area contributed by atoms with Gasteiger partial charge in [0, 0.05) is 35.9 Å².